The molecule has 5 aromatic rings. The van der Waals surface area contributed by atoms with Crippen molar-refractivity contribution in [1.82, 2.24) is 15.2 Å². The van der Waals surface area contributed by atoms with Crippen LogP contribution in [0.25, 0.3) is 33.3 Å². The first-order valence-corrected chi connectivity index (χ1v) is 10.8. The summed E-state index contributed by atoms with van der Waals surface area (Å²) in [5.74, 6) is 0. The van der Waals surface area contributed by atoms with Crippen LogP contribution in [0.15, 0.2) is 97.3 Å². The lowest BCUT2D eigenvalue weighted by Gasteiger charge is -2.16. The van der Waals surface area contributed by atoms with E-state index < -0.39 is 0 Å². The van der Waals surface area contributed by atoms with E-state index >= 15 is 0 Å². The van der Waals surface area contributed by atoms with Crippen LogP contribution >= 0.6 is 0 Å². The molecule has 0 aliphatic rings. The van der Waals surface area contributed by atoms with E-state index in [2.05, 4.69) is 64.0 Å². The number of aromatic amines is 1. The molecule has 158 valence electrons. The second kappa shape index (κ2) is 9.04. The topological polar surface area (TPSA) is 79.6 Å². The van der Waals surface area contributed by atoms with E-state index in [0.29, 0.717) is 6.54 Å². The minimum Gasteiger partial charge on any atom is -0.382 e. The van der Waals surface area contributed by atoms with Crippen molar-refractivity contribution in [3.8, 4) is 22.4 Å². The van der Waals surface area contributed by atoms with E-state index in [-0.39, 0.29) is 6.04 Å². The molecule has 0 unspecified atom stereocenters. The molecule has 3 aromatic carbocycles. The maximum atomic E-state index is 6.38. The Morgan fingerprint density at radius 2 is 1.62 bits per heavy atom. The molecule has 0 amide bonds. The van der Waals surface area contributed by atoms with Crippen LogP contribution in [0.1, 0.15) is 5.56 Å². The maximum absolute atomic E-state index is 6.38. The van der Waals surface area contributed by atoms with Crippen LogP contribution in [0.5, 0.6) is 0 Å². The molecule has 0 spiro atoms. The van der Waals surface area contributed by atoms with Crippen LogP contribution in [-0.2, 0) is 6.42 Å². The first kappa shape index (κ1) is 20.0. The van der Waals surface area contributed by atoms with Crippen molar-refractivity contribution in [2.24, 2.45) is 5.73 Å². The number of pyridine rings is 1. The zero-order valence-electron chi connectivity index (χ0n) is 17.7. The Hall–Kier alpha value is -3.96. The number of nitrogens with one attached hydrogen (secondary N) is 2. The van der Waals surface area contributed by atoms with E-state index in [0.717, 1.165) is 45.4 Å². The minimum absolute atomic E-state index is 0.0110. The first-order chi connectivity index (χ1) is 15.8. The van der Waals surface area contributed by atoms with Gasteiger partial charge in [0.15, 0.2) is 0 Å². The Bertz CT molecular complexity index is 1310. The quantitative estimate of drug-likeness (QED) is 0.336. The summed E-state index contributed by atoms with van der Waals surface area (Å²) in [6.07, 6.45) is 4.56. The molecule has 0 bridgehead atoms. The molecule has 1 atom stereocenters. The van der Waals surface area contributed by atoms with Gasteiger partial charge in [-0.3, -0.25) is 10.1 Å². The lowest BCUT2D eigenvalue weighted by Crippen LogP contribution is -2.31. The third kappa shape index (κ3) is 4.38. The fourth-order valence-electron chi connectivity index (χ4n) is 3.96. The van der Waals surface area contributed by atoms with E-state index in [1.54, 1.807) is 0 Å². The number of nitrogens with two attached hydrogens (primary N) is 1. The molecule has 4 N–H and O–H groups in total. The lowest BCUT2D eigenvalue weighted by atomic mass is 9.98. The normalized spacial score (nSPS) is 12.0. The first-order valence-electron chi connectivity index (χ1n) is 10.8. The number of H-pyrrole nitrogens is 1. The molecule has 0 aliphatic heterocycles. The fraction of sp³-hybridized carbons (Fsp3) is 0.111. The summed E-state index contributed by atoms with van der Waals surface area (Å²) in [6.45, 7) is 0.668. The Labute approximate surface area is 187 Å². The summed E-state index contributed by atoms with van der Waals surface area (Å²) in [4.78, 5) is 4.83. The van der Waals surface area contributed by atoms with Crippen molar-refractivity contribution in [2.45, 2.75) is 12.5 Å². The van der Waals surface area contributed by atoms with Crippen molar-refractivity contribution >= 4 is 16.6 Å². The highest BCUT2D eigenvalue weighted by Crippen LogP contribution is 2.33. The number of rotatable bonds is 7. The number of hydrogen-bond donors (Lipinski definition) is 3. The van der Waals surface area contributed by atoms with E-state index in [9.17, 15) is 0 Å². The summed E-state index contributed by atoms with van der Waals surface area (Å²) in [6, 6.07) is 29.1. The highest BCUT2D eigenvalue weighted by Gasteiger charge is 2.12. The SMILES string of the molecule is N[C@H](CNc1cnc(-c2ccccc2)c(-c2ccc3[nH]ncc3c2)c1)Cc1ccccc1. The number of fused-ring (bicyclic) bond motifs is 1. The zero-order chi connectivity index (χ0) is 21.8. The van der Waals surface area contributed by atoms with E-state index in [4.69, 9.17) is 10.7 Å². The molecular weight excluding hydrogens is 394 g/mol. The van der Waals surface area contributed by atoms with Gasteiger partial charge in [-0.2, -0.15) is 5.10 Å². The average Bonchev–Trinajstić information content (AvgIpc) is 3.32. The number of anilines is 1. The number of nitrogens with zero attached hydrogens (tertiary/aromatic N) is 2. The lowest BCUT2D eigenvalue weighted by molar-refractivity contribution is 0.699. The minimum atomic E-state index is 0.0110. The Kier molecular flexibility index (Phi) is 5.64. The second-order valence-corrected chi connectivity index (χ2v) is 7.99. The number of aromatic nitrogens is 3. The van der Waals surface area contributed by atoms with Crippen molar-refractivity contribution in [3.63, 3.8) is 0 Å². The van der Waals surface area contributed by atoms with Crippen LogP contribution in [0.3, 0.4) is 0 Å². The molecule has 5 nitrogen and oxygen atoms in total. The average molecular weight is 420 g/mol. The zero-order valence-corrected chi connectivity index (χ0v) is 17.7. The van der Waals surface area contributed by atoms with Gasteiger partial charge in [0.1, 0.15) is 0 Å². The van der Waals surface area contributed by atoms with Crippen LogP contribution in [0, 0.1) is 0 Å². The summed E-state index contributed by atoms with van der Waals surface area (Å²) in [5.41, 5.74) is 13.8. The molecular formula is C27H25N5. The smallest absolute Gasteiger partial charge is 0.0781 e. The van der Waals surface area contributed by atoms with Gasteiger partial charge in [0, 0.05) is 29.1 Å². The van der Waals surface area contributed by atoms with Crippen LogP contribution in [0.2, 0.25) is 0 Å². The Morgan fingerprint density at radius 3 is 2.44 bits per heavy atom. The third-order valence-corrected chi connectivity index (χ3v) is 5.60. The standard InChI is InChI=1S/C27H25N5/c28-23(13-19-7-3-1-4-8-19)17-29-24-15-25(21-11-12-26-22(14-21)16-31-32-26)27(30-18-24)20-9-5-2-6-10-20/h1-12,14-16,18,23,29H,13,17,28H2,(H,31,32)/t23-/m0/s1. The fourth-order valence-corrected chi connectivity index (χ4v) is 3.96. The highest BCUT2D eigenvalue weighted by atomic mass is 15.1. The summed E-state index contributed by atoms with van der Waals surface area (Å²) < 4.78 is 0. The molecule has 0 aliphatic carbocycles. The van der Waals surface area contributed by atoms with Crippen LogP contribution in [0.4, 0.5) is 5.69 Å². The van der Waals surface area contributed by atoms with Gasteiger partial charge < -0.3 is 11.1 Å². The van der Waals surface area contributed by atoms with E-state index in [1.165, 1.54) is 5.56 Å². The van der Waals surface area contributed by atoms with Crippen molar-refractivity contribution in [2.75, 3.05) is 11.9 Å². The molecule has 5 rings (SSSR count). The molecule has 2 heterocycles. The largest absolute Gasteiger partial charge is 0.382 e. The van der Waals surface area contributed by atoms with Crippen LogP contribution in [-0.4, -0.2) is 27.8 Å². The highest BCUT2D eigenvalue weighted by molar-refractivity contribution is 5.89. The van der Waals surface area contributed by atoms with Crippen LogP contribution < -0.4 is 11.1 Å². The van der Waals surface area contributed by atoms with Crippen molar-refractivity contribution in [3.05, 3.63) is 103 Å². The van der Waals surface area contributed by atoms with Crippen molar-refractivity contribution < 1.29 is 0 Å². The van der Waals surface area contributed by atoms with Gasteiger partial charge in [0.25, 0.3) is 0 Å². The molecule has 0 saturated carbocycles. The third-order valence-electron chi connectivity index (χ3n) is 5.60. The second-order valence-electron chi connectivity index (χ2n) is 7.99. The molecule has 5 heteroatoms. The molecule has 0 fully saturated rings. The molecule has 0 radical (unpaired) electrons. The van der Waals surface area contributed by atoms with Gasteiger partial charge in [-0.1, -0.05) is 66.7 Å². The van der Waals surface area contributed by atoms with E-state index in [1.807, 2.05) is 48.8 Å². The summed E-state index contributed by atoms with van der Waals surface area (Å²) in [5, 5.41) is 11.7. The predicted molar refractivity (Wildman–Crippen MR) is 131 cm³/mol. The molecule has 0 saturated heterocycles. The Morgan fingerprint density at radius 1 is 0.844 bits per heavy atom. The Balaban J connectivity index is 1.44. The number of hydrogen-bond acceptors (Lipinski definition) is 4. The van der Waals surface area contributed by atoms with Gasteiger partial charge in [-0.15, -0.1) is 0 Å². The van der Waals surface area contributed by atoms with Gasteiger partial charge in [0.05, 0.1) is 29.3 Å². The van der Waals surface area contributed by atoms with Crippen molar-refractivity contribution in [1.29, 1.82) is 0 Å². The maximum Gasteiger partial charge on any atom is 0.0781 e. The predicted octanol–water partition coefficient (Wildman–Crippen LogP) is 5.27. The van der Waals surface area contributed by atoms with Gasteiger partial charge in [0.2, 0.25) is 0 Å². The monoisotopic (exact) mass is 419 g/mol. The molecule has 32 heavy (non-hydrogen) atoms. The van der Waals surface area contributed by atoms with Gasteiger partial charge in [-0.25, -0.2) is 0 Å². The number of benzene rings is 3. The van der Waals surface area contributed by atoms with Gasteiger partial charge >= 0.3 is 0 Å². The van der Waals surface area contributed by atoms with Gasteiger partial charge in [-0.05, 0) is 35.7 Å². The summed E-state index contributed by atoms with van der Waals surface area (Å²) in [7, 11) is 0. The summed E-state index contributed by atoms with van der Waals surface area (Å²) >= 11 is 0. The molecule has 2 aromatic heterocycles.